The van der Waals surface area contributed by atoms with E-state index >= 15 is 0 Å². The molecule has 2 atom stereocenters. The van der Waals surface area contributed by atoms with E-state index in [1.807, 2.05) is 53.0 Å². The fourth-order valence-corrected chi connectivity index (χ4v) is 3.71. The predicted octanol–water partition coefficient (Wildman–Crippen LogP) is 2.76. The molecule has 0 bridgehead atoms. The largest absolute Gasteiger partial charge is 0.454 e. The highest BCUT2D eigenvalue weighted by molar-refractivity contribution is 6.10. The molecule has 2 aromatic rings. The van der Waals surface area contributed by atoms with E-state index in [0.717, 1.165) is 11.3 Å². The van der Waals surface area contributed by atoms with Gasteiger partial charge in [0.15, 0.2) is 0 Å². The first kappa shape index (κ1) is 23.2. The van der Waals surface area contributed by atoms with Crippen molar-refractivity contribution in [3.05, 3.63) is 58.7 Å². The first-order valence-corrected chi connectivity index (χ1v) is 9.35. The second-order valence-corrected chi connectivity index (χ2v) is 7.82. The molecule has 0 saturated carbocycles. The molecule has 2 unspecified atom stereocenters. The monoisotopic (exact) mass is 420 g/mol. The van der Waals surface area contributed by atoms with E-state index in [0.29, 0.717) is 16.9 Å². The number of rotatable bonds is 2. The molecule has 0 saturated heterocycles. The summed E-state index contributed by atoms with van der Waals surface area (Å²) in [6.07, 6.45) is 0. The third kappa shape index (κ3) is 3.20. The van der Waals surface area contributed by atoms with Gasteiger partial charge in [-0.15, -0.1) is 12.4 Å². The van der Waals surface area contributed by atoms with Crippen LogP contribution in [0.15, 0.2) is 36.4 Å². The van der Waals surface area contributed by atoms with Crippen LogP contribution in [0.4, 0.5) is 5.69 Å². The number of benzene rings is 2. The molecule has 4 rings (SSSR count). The van der Waals surface area contributed by atoms with Gasteiger partial charge >= 0.3 is 0 Å². The number of carbonyl (C=O) groups excluding carboxylic acids is 1. The molecule has 0 fully saturated rings. The normalized spacial score (nSPS) is 23.3. The second kappa shape index (κ2) is 7.95. The quantitative estimate of drug-likeness (QED) is 0.693. The summed E-state index contributed by atoms with van der Waals surface area (Å²) in [5.74, 6) is -2.01. The van der Waals surface area contributed by atoms with Crippen LogP contribution in [0, 0.1) is 0 Å². The number of hydrogen-bond donors (Lipinski definition) is 3. The van der Waals surface area contributed by atoms with Gasteiger partial charge < -0.3 is 25.2 Å². The molecule has 1 aliphatic carbocycles. The Morgan fingerprint density at radius 3 is 2.17 bits per heavy atom. The number of aliphatic hydroxyl groups is 2. The summed E-state index contributed by atoms with van der Waals surface area (Å²) in [6, 6.07) is 10.4. The maximum absolute atomic E-state index is 13.1. The summed E-state index contributed by atoms with van der Waals surface area (Å²) in [5.41, 5.74) is 0.608. The van der Waals surface area contributed by atoms with Crippen molar-refractivity contribution >= 4 is 23.9 Å². The number of Topliss-reactive ketones (excluding diaryl/α,β-unsaturated/α-hetero) is 1. The van der Waals surface area contributed by atoms with Gasteiger partial charge in [0.25, 0.3) is 5.79 Å². The molecule has 1 heterocycles. The lowest BCUT2D eigenvalue weighted by molar-refractivity contribution is -0.224. The van der Waals surface area contributed by atoms with Crippen LogP contribution in [0.2, 0.25) is 0 Å². The van der Waals surface area contributed by atoms with Gasteiger partial charge in [-0.2, -0.15) is 0 Å². The minimum Gasteiger partial charge on any atom is -0.454 e. The number of ether oxygens (including phenoxy) is 1. The topological polar surface area (TPSA) is 82.0 Å². The molecule has 1 aliphatic heterocycles. The van der Waals surface area contributed by atoms with Crippen molar-refractivity contribution in [3.63, 3.8) is 0 Å². The Kier molecular flexibility index (Phi) is 6.35. The van der Waals surface area contributed by atoms with E-state index in [-0.39, 0.29) is 23.9 Å². The fourth-order valence-electron chi connectivity index (χ4n) is 3.71. The minimum absolute atomic E-state index is 0. The number of hydrogen-bond acceptors (Lipinski definition) is 6. The molecule has 7 heteroatoms. The number of nitrogens with one attached hydrogen (secondary N) is 1. The zero-order valence-corrected chi connectivity index (χ0v) is 18.4. The predicted molar refractivity (Wildman–Crippen MR) is 116 cm³/mol. The van der Waals surface area contributed by atoms with Gasteiger partial charge in [-0.3, -0.25) is 4.79 Å². The van der Waals surface area contributed by atoms with Crippen molar-refractivity contribution < 1.29 is 19.7 Å². The van der Waals surface area contributed by atoms with Crippen molar-refractivity contribution in [3.8, 4) is 5.75 Å². The van der Waals surface area contributed by atoms with Crippen LogP contribution in [-0.2, 0) is 11.4 Å². The number of carbonyl (C=O) groups is 1. The second-order valence-electron chi connectivity index (χ2n) is 7.82. The number of halogens is 1. The standard InChI is InChI=1S/C20H21NO4.C2H7N.ClH/c1-11(2)12-5-7-16-17(9-12)25-20(24)15-8-6-13(21(3)4)10-14(15)18(22)19(16,20)23;1-3-2;/h5-11,23-24H,1-4H3;3H,1-2H3;1H. The average molecular weight is 421 g/mol. The Morgan fingerprint density at radius 2 is 1.62 bits per heavy atom. The van der Waals surface area contributed by atoms with Gasteiger partial charge in [0.2, 0.25) is 11.4 Å². The van der Waals surface area contributed by atoms with Gasteiger partial charge in [0.1, 0.15) is 5.75 Å². The summed E-state index contributed by atoms with van der Waals surface area (Å²) >= 11 is 0. The van der Waals surface area contributed by atoms with Gasteiger partial charge in [0.05, 0.1) is 0 Å². The van der Waals surface area contributed by atoms with Gasteiger partial charge in [-0.05, 0) is 49.8 Å². The molecule has 29 heavy (non-hydrogen) atoms. The zero-order chi connectivity index (χ0) is 20.9. The van der Waals surface area contributed by atoms with Crippen LogP contribution in [0.3, 0.4) is 0 Å². The van der Waals surface area contributed by atoms with E-state index in [4.69, 9.17) is 4.74 Å². The smallest absolute Gasteiger partial charge is 0.276 e. The Morgan fingerprint density at radius 1 is 1.03 bits per heavy atom. The Labute approximate surface area is 177 Å². The summed E-state index contributed by atoms with van der Waals surface area (Å²) in [7, 11) is 7.48. The summed E-state index contributed by atoms with van der Waals surface area (Å²) in [5, 5.41) is 25.2. The van der Waals surface area contributed by atoms with E-state index in [1.165, 1.54) is 0 Å². The molecular weight excluding hydrogens is 392 g/mol. The van der Waals surface area contributed by atoms with Crippen molar-refractivity contribution in [1.29, 1.82) is 0 Å². The molecule has 3 N–H and O–H groups in total. The summed E-state index contributed by atoms with van der Waals surface area (Å²) in [4.78, 5) is 14.9. The maximum atomic E-state index is 13.1. The van der Waals surface area contributed by atoms with Gasteiger partial charge in [0, 0.05) is 36.5 Å². The van der Waals surface area contributed by atoms with Crippen LogP contribution in [-0.4, -0.2) is 44.2 Å². The van der Waals surface area contributed by atoms with Crippen LogP contribution >= 0.6 is 12.4 Å². The lowest BCUT2D eigenvalue weighted by atomic mass is 9.86. The molecule has 2 aromatic carbocycles. The highest BCUT2D eigenvalue weighted by Crippen LogP contribution is 2.58. The minimum atomic E-state index is -2.12. The zero-order valence-electron chi connectivity index (χ0n) is 17.6. The Balaban J connectivity index is 0.000000708. The highest BCUT2D eigenvalue weighted by Gasteiger charge is 2.70. The molecule has 6 nitrogen and oxygen atoms in total. The molecule has 0 aromatic heterocycles. The van der Waals surface area contributed by atoms with Crippen LogP contribution < -0.4 is 15.0 Å². The Bertz CT molecular complexity index is 931. The van der Waals surface area contributed by atoms with Crippen molar-refractivity contribution in [1.82, 2.24) is 5.32 Å². The van der Waals surface area contributed by atoms with Gasteiger partial charge in [-0.1, -0.05) is 26.0 Å². The first-order chi connectivity index (χ1) is 13.1. The highest BCUT2D eigenvalue weighted by atomic mass is 35.5. The Hall–Kier alpha value is -2.12. The average Bonchev–Trinajstić information content (AvgIpc) is 2.97. The lowest BCUT2D eigenvalue weighted by Crippen LogP contribution is -2.48. The SMILES string of the molecule is CC(C)c1ccc2c(c1)OC1(O)c3ccc(N(C)C)cc3C(=O)C21O.CNC.Cl. The number of nitrogens with zero attached hydrogens (tertiary/aromatic N) is 1. The summed E-state index contributed by atoms with van der Waals surface area (Å²) < 4.78 is 5.78. The van der Waals surface area contributed by atoms with Crippen LogP contribution in [0.5, 0.6) is 5.75 Å². The van der Waals surface area contributed by atoms with E-state index in [2.05, 4.69) is 5.32 Å². The van der Waals surface area contributed by atoms with E-state index in [1.54, 1.807) is 30.3 Å². The molecule has 158 valence electrons. The third-order valence-electron chi connectivity index (χ3n) is 5.27. The number of anilines is 1. The van der Waals surface area contributed by atoms with Gasteiger partial charge in [-0.25, -0.2) is 0 Å². The fraction of sp³-hybridized carbons (Fsp3) is 0.409. The third-order valence-corrected chi connectivity index (χ3v) is 5.27. The lowest BCUT2D eigenvalue weighted by Gasteiger charge is -2.28. The molecule has 2 aliphatic rings. The summed E-state index contributed by atoms with van der Waals surface area (Å²) in [6.45, 7) is 4.09. The molecule has 0 amide bonds. The van der Waals surface area contributed by atoms with Crippen molar-refractivity contribution in [2.45, 2.75) is 31.2 Å². The molecule has 0 radical (unpaired) electrons. The number of ketones is 1. The van der Waals surface area contributed by atoms with E-state index in [9.17, 15) is 15.0 Å². The molecule has 0 spiro atoms. The first-order valence-electron chi connectivity index (χ1n) is 9.35. The van der Waals surface area contributed by atoms with Crippen molar-refractivity contribution in [2.24, 2.45) is 0 Å². The maximum Gasteiger partial charge on any atom is 0.276 e. The van der Waals surface area contributed by atoms with Crippen LogP contribution in [0.25, 0.3) is 0 Å². The van der Waals surface area contributed by atoms with Crippen molar-refractivity contribution in [2.75, 3.05) is 33.1 Å². The number of fused-ring (bicyclic) bond motifs is 5. The molecular formula is C22H29ClN2O4. The van der Waals surface area contributed by atoms with E-state index < -0.39 is 17.2 Å². The van der Waals surface area contributed by atoms with Crippen LogP contribution in [0.1, 0.15) is 46.8 Å².